The predicted molar refractivity (Wildman–Crippen MR) is 66.0 cm³/mol. The highest BCUT2D eigenvalue weighted by Gasteiger charge is 2.13. The van der Waals surface area contributed by atoms with Gasteiger partial charge in [0.05, 0.1) is 12.7 Å². The lowest BCUT2D eigenvalue weighted by molar-refractivity contribution is 0.0239. The largest absolute Gasteiger partial charge is 0.376 e. The SMILES string of the molecule is O=C(NCCC1CNCCO1)c1ccc(F)cc1. The predicted octanol–water partition coefficient (Wildman–Crippen LogP) is 0.934. The Balaban J connectivity index is 1.72. The standard InChI is InChI=1S/C13H17FN2O2/c14-11-3-1-10(2-4-11)13(17)16-6-5-12-9-15-7-8-18-12/h1-4,12,15H,5-9H2,(H,16,17). The van der Waals surface area contributed by atoms with Crippen molar-refractivity contribution >= 4 is 5.91 Å². The Morgan fingerprint density at radius 2 is 2.22 bits per heavy atom. The maximum Gasteiger partial charge on any atom is 0.251 e. The molecule has 1 aliphatic rings. The fourth-order valence-corrected chi connectivity index (χ4v) is 1.86. The maximum atomic E-state index is 12.7. The van der Waals surface area contributed by atoms with Gasteiger partial charge in [0.2, 0.25) is 0 Å². The molecule has 0 bridgehead atoms. The van der Waals surface area contributed by atoms with Gasteiger partial charge in [0.1, 0.15) is 5.82 Å². The molecule has 1 aromatic carbocycles. The van der Waals surface area contributed by atoms with Crippen LogP contribution in [0.1, 0.15) is 16.8 Å². The molecule has 2 rings (SSSR count). The molecule has 1 atom stereocenters. The number of rotatable bonds is 4. The topological polar surface area (TPSA) is 50.4 Å². The summed E-state index contributed by atoms with van der Waals surface area (Å²) in [5.74, 6) is -0.521. The summed E-state index contributed by atoms with van der Waals surface area (Å²) < 4.78 is 18.2. The molecule has 1 heterocycles. The number of halogens is 1. The van der Waals surface area contributed by atoms with Gasteiger partial charge in [-0.05, 0) is 30.7 Å². The molecule has 2 N–H and O–H groups in total. The van der Waals surface area contributed by atoms with Crippen molar-refractivity contribution < 1.29 is 13.9 Å². The van der Waals surface area contributed by atoms with Gasteiger partial charge in [0.25, 0.3) is 5.91 Å². The van der Waals surface area contributed by atoms with E-state index in [1.54, 1.807) is 0 Å². The Labute approximate surface area is 106 Å². The van der Waals surface area contributed by atoms with Crippen LogP contribution in [0, 0.1) is 5.82 Å². The van der Waals surface area contributed by atoms with Gasteiger partial charge >= 0.3 is 0 Å². The lowest BCUT2D eigenvalue weighted by atomic mass is 10.2. The van der Waals surface area contributed by atoms with E-state index in [1.807, 2.05) is 0 Å². The Bertz CT molecular complexity index is 388. The van der Waals surface area contributed by atoms with Crippen LogP contribution in [0.15, 0.2) is 24.3 Å². The first kappa shape index (κ1) is 13.0. The molecule has 98 valence electrons. The molecule has 0 aromatic heterocycles. The number of amides is 1. The van der Waals surface area contributed by atoms with E-state index in [1.165, 1.54) is 24.3 Å². The lowest BCUT2D eigenvalue weighted by Gasteiger charge is -2.23. The third-order valence-electron chi connectivity index (χ3n) is 2.86. The summed E-state index contributed by atoms with van der Waals surface area (Å²) in [6.07, 6.45) is 0.937. The van der Waals surface area contributed by atoms with Gasteiger partial charge in [-0.25, -0.2) is 4.39 Å². The minimum atomic E-state index is -0.340. The smallest absolute Gasteiger partial charge is 0.251 e. The molecule has 1 fully saturated rings. The van der Waals surface area contributed by atoms with Gasteiger partial charge in [0, 0.05) is 25.2 Å². The quantitative estimate of drug-likeness (QED) is 0.838. The molecule has 0 aliphatic carbocycles. The van der Waals surface area contributed by atoms with E-state index in [9.17, 15) is 9.18 Å². The van der Waals surface area contributed by atoms with Crippen molar-refractivity contribution in [3.05, 3.63) is 35.6 Å². The lowest BCUT2D eigenvalue weighted by Crippen LogP contribution is -2.40. The maximum absolute atomic E-state index is 12.7. The minimum absolute atomic E-state index is 0.160. The zero-order chi connectivity index (χ0) is 12.8. The van der Waals surface area contributed by atoms with Gasteiger partial charge in [-0.1, -0.05) is 0 Å². The van der Waals surface area contributed by atoms with Crippen LogP contribution < -0.4 is 10.6 Å². The fraction of sp³-hybridized carbons (Fsp3) is 0.462. The molecular weight excluding hydrogens is 235 g/mol. The van der Waals surface area contributed by atoms with Crippen LogP contribution in [0.4, 0.5) is 4.39 Å². The Morgan fingerprint density at radius 3 is 2.89 bits per heavy atom. The van der Waals surface area contributed by atoms with Crippen LogP contribution in [0.2, 0.25) is 0 Å². The van der Waals surface area contributed by atoms with Crippen LogP contribution in [0.25, 0.3) is 0 Å². The first-order chi connectivity index (χ1) is 8.75. The summed E-state index contributed by atoms with van der Waals surface area (Å²) in [6, 6.07) is 5.51. The van der Waals surface area contributed by atoms with Crippen LogP contribution >= 0.6 is 0 Å². The van der Waals surface area contributed by atoms with Crippen molar-refractivity contribution in [3.63, 3.8) is 0 Å². The Kier molecular flexibility index (Phi) is 4.66. The highest BCUT2D eigenvalue weighted by atomic mass is 19.1. The van der Waals surface area contributed by atoms with Crippen LogP contribution in [-0.4, -0.2) is 38.3 Å². The third kappa shape index (κ3) is 3.78. The normalized spacial score (nSPS) is 19.5. The van der Waals surface area contributed by atoms with Crippen molar-refractivity contribution in [1.29, 1.82) is 0 Å². The minimum Gasteiger partial charge on any atom is -0.376 e. The van der Waals surface area contributed by atoms with Gasteiger partial charge in [-0.2, -0.15) is 0 Å². The van der Waals surface area contributed by atoms with E-state index >= 15 is 0 Å². The molecular formula is C13H17FN2O2. The highest BCUT2D eigenvalue weighted by molar-refractivity contribution is 5.94. The molecule has 1 saturated heterocycles. The third-order valence-corrected chi connectivity index (χ3v) is 2.86. The summed E-state index contributed by atoms with van der Waals surface area (Å²) >= 11 is 0. The summed E-state index contributed by atoms with van der Waals surface area (Å²) in [4.78, 5) is 11.7. The number of carbonyl (C=O) groups is 1. The highest BCUT2D eigenvalue weighted by Crippen LogP contribution is 2.03. The van der Waals surface area contributed by atoms with Gasteiger partial charge in [0.15, 0.2) is 0 Å². The molecule has 1 amide bonds. The van der Waals surface area contributed by atoms with Crippen LogP contribution in [0.5, 0.6) is 0 Å². The van der Waals surface area contributed by atoms with Crippen molar-refractivity contribution in [3.8, 4) is 0 Å². The van der Waals surface area contributed by atoms with Crippen molar-refractivity contribution in [2.45, 2.75) is 12.5 Å². The second-order valence-electron chi connectivity index (χ2n) is 4.25. The summed E-state index contributed by atoms with van der Waals surface area (Å²) in [6.45, 7) is 2.99. The van der Waals surface area contributed by atoms with E-state index in [0.717, 1.165) is 26.1 Å². The zero-order valence-corrected chi connectivity index (χ0v) is 10.1. The van der Waals surface area contributed by atoms with E-state index in [0.29, 0.717) is 12.1 Å². The number of carbonyl (C=O) groups excluding carboxylic acids is 1. The Hall–Kier alpha value is -1.46. The molecule has 5 heteroatoms. The van der Waals surface area contributed by atoms with Crippen molar-refractivity contribution in [2.24, 2.45) is 0 Å². The number of hydrogen-bond donors (Lipinski definition) is 2. The van der Waals surface area contributed by atoms with E-state index in [2.05, 4.69) is 10.6 Å². The molecule has 18 heavy (non-hydrogen) atoms. The monoisotopic (exact) mass is 252 g/mol. The van der Waals surface area contributed by atoms with Crippen molar-refractivity contribution in [1.82, 2.24) is 10.6 Å². The van der Waals surface area contributed by atoms with E-state index < -0.39 is 0 Å². The summed E-state index contributed by atoms with van der Waals surface area (Å²) in [7, 11) is 0. The van der Waals surface area contributed by atoms with Gasteiger partial charge < -0.3 is 15.4 Å². The van der Waals surface area contributed by atoms with Crippen LogP contribution in [-0.2, 0) is 4.74 Å². The fourth-order valence-electron chi connectivity index (χ4n) is 1.86. The zero-order valence-electron chi connectivity index (χ0n) is 10.1. The number of ether oxygens (including phenoxy) is 1. The molecule has 0 saturated carbocycles. The Morgan fingerprint density at radius 1 is 1.44 bits per heavy atom. The first-order valence-corrected chi connectivity index (χ1v) is 6.12. The molecule has 1 unspecified atom stereocenters. The second-order valence-corrected chi connectivity index (χ2v) is 4.25. The van der Waals surface area contributed by atoms with Gasteiger partial charge in [-0.15, -0.1) is 0 Å². The van der Waals surface area contributed by atoms with E-state index in [-0.39, 0.29) is 17.8 Å². The molecule has 0 spiro atoms. The average molecular weight is 252 g/mol. The van der Waals surface area contributed by atoms with E-state index in [4.69, 9.17) is 4.74 Å². The van der Waals surface area contributed by atoms with Crippen molar-refractivity contribution in [2.75, 3.05) is 26.2 Å². The number of benzene rings is 1. The number of hydrogen-bond acceptors (Lipinski definition) is 3. The summed E-state index contributed by atoms with van der Waals surface area (Å²) in [5, 5.41) is 6.03. The average Bonchev–Trinajstić information content (AvgIpc) is 2.40. The number of nitrogens with one attached hydrogen (secondary N) is 2. The molecule has 1 aliphatic heterocycles. The first-order valence-electron chi connectivity index (χ1n) is 6.12. The molecule has 4 nitrogen and oxygen atoms in total. The summed E-state index contributed by atoms with van der Waals surface area (Å²) in [5.41, 5.74) is 0.471. The number of morpholine rings is 1. The van der Waals surface area contributed by atoms with Crippen LogP contribution in [0.3, 0.4) is 0 Å². The molecule has 0 radical (unpaired) electrons. The van der Waals surface area contributed by atoms with Gasteiger partial charge in [-0.3, -0.25) is 4.79 Å². The second kappa shape index (κ2) is 6.47. The molecule has 1 aromatic rings.